The number of benzene rings is 1. The third-order valence-corrected chi connectivity index (χ3v) is 6.31. The van der Waals surface area contributed by atoms with Crippen LogP contribution in [0.4, 0.5) is 11.4 Å². The van der Waals surface area contributed by atoms with Crippen molar-refractivity contribution < 1.29 is 9.90 Å². The quantitative estimate of drug-likeness (QED) is 0.723. The molecule has 1 heterocycles. The SMILES string of the molecule is CC(C)CCN(c1ccc(N)c(Cl)c1)[C@H]1CCN(C(=O)C2(O)CCCC2)C1. The molecule has 3 rings (SSSR count). The van der Waals surface area contributed by atoms with Gasteiger partial charge in [0.25, 0.3) is 5.91 Å². The molecule has 1 aromatic rings. The van der Waals surface area contributed by atoms with Gasteiger partial charge < -0.3 is 20.6 Å². The van der Waals surface area contributed by atoms with E-state index in [1.165, 1.54) is 0 Å². The number of halogens is 1. The van der Waals surface area contributed by atoms with E-state index in [1.54, 1.807) is 0 Å². The van der Waals surface area contributed by atoms with Gasteiger partial charge in [-0.25, -0.2) is 0 Å². The second-order valence-electron chi connectivity index (χ2n) is 8.51. The smallest absolute Gasteiger partial charge is 0.254 e. The summed E-state index contributed by atoms with van der Waals surface area (Å²) in [5, 5.41) is 11.2. The van der Waals surface area contributed by atoms with Gasteiger partial charge in [0.15, 0.2) is 0 Å². The van der Waals surface area contributed by atoms with Crippen LogP contribution in [-0.4, -0.2) is 47.2 Å². The summed E-state index contributed by atoms with van der Waals surface area (Å²) in [5.41, 5.74) is 6.37. The summed E-state index contributed by atoms with van der Waals surface area (Å²) in [6.07, 6.45) is 5.03. The first-order valence-electron chi connectivity index (χ1n) is 10.1. The van der Waals surface area contributed by atoms with Gasteiger partial charge in [-0.1, -0.05) is 25.4 Å². The Balaban J connectivity index is 1.74. The summed E-state index contributed by atoms with van der Waals surface area (Å²) in [6, 6.07) is 6.01. The summed E-state index contributed by atoms with van der Waals surface area (Å²) in [5.74, 6) is 0.511. The number of anilines is 2. The fourth-order valence-electron chi connectivity index (χ4n) is 4.26. The van der Waals surface area contributed by atoms with Crippen molar-refractivity contribution in [3.8, 4) is 0 Å². The van der Waals surface area contributed by atoms with E-state index in [0.717, 1.165) is 37.9 Å². The molecule has 1 saturated heterocycles. The van der Waals surface area contributed by atoms with Crippen molar-refractivity contribution in [3.05, 3.63) is 23.2 Å². The van der Waals surface area contributed by atoms with Crippen molar-refractivity contribution in [1.29, 1.82) is 0 Å². The fraction of sp³-hybridized carbons (Fsp3) is 0.667. The largest absolute Gasteiger partial charge is 0.398 e. The average molecular weight is 394 g/mol. The number of rotatable bonds is 6. The molecular weight excluding hydrogens is 362 g/mol. The van der Waals surface area contributed by atoms with Crippen LogP contribution in [0.2, 0.25) is 5.02 Å². The average Bonchev–Trinajstić information content (AvgIpc) is 3.27. The van der Waals surface area contributed by atoms with Crippen LogP contribution in [0.1, 0.15) is 52.4 Å². The van der Waals surface area contributed by atoms with Crippen molar-refractivity contribution in [2.75, 3.05) is 30.3 Å². The first kappa shape index (κ1) is 20.3. The third-order valence-electron chi connectivity index (χ3n) is 5.98. The molecule has 150 valence electrons. The summed E-state index contributed by atoms with van der Waals surface area (Å²) in [7, 11) is 0. The van der Waals surface area contributed by atoms with Crippen LogP contribution in [-0.2, 0) is 4.79 Å². The maximum Gasteiger partial charge on any atom is 0.254 e. The van der Waals surface area contributed by atoms with Gasteiger partial charge in [0.05, 0.1) is 10.7 Å². The second kappa shape index (κ2) is 8.27. The lowest BCUT2D eigenvalue weighted by atomic mass is 10.0. The Morgan fingerprint density at radius 3 is 2.74 bits per heavy atom. The normalized spacial score (nSPS) is 21.8. The van der Waals surface area contributed by atoms with Crippen molar-refractivity contribution in [3.63, 3.8) is 0 Å². The lowest BCUT2D eigenvalue weighted by Gasteiger charge is -2.33. The molecule has 2 fully saturated rings. The number of hydrogen-bond acceptors (Lipinski definition) is 4. The Morgan fingerprint density at radius 1 is 1.41 bits per heavy atom. The van der Waals surface area contributed by atoms with Crippen LogP contribution in [0.3, 0.4) is 0 Å². The van der Waals surface area contributed by atoms with Gasteiger partial charge in [-0.3, -0.25) is 4.79 Å². The molecule has 0 bridgehead atoms. The van der Waals surface area contributed by atoms with E-state index in [1.807, 2.05) is 23.1 Å². The molecule has 0 aromatic heterocycles. The molecule has 0 unspecified atom stereocenters. The molecule has 0 spiro atoms. The molecule has 6 heteroatoms. The molecule has 1 saturated carbocycles. The zero-order valence-electron chi connectivity index (χ0n) is 16.5. The summed E-state index contributed by atoms with van der Waals surface area (Å²) < 4.78 is 0. The minimum Gasteiger partial charge on any atom is -0.398 e. The Hall–Kier alpha value is -1.46. The molecule has 1 aromatic carbocycles. The van der Waals surface area contributed by atoms with Gasteiger partial charge in [0, 0.05) is 31.4 Å². The molecule has 1 amide bonds. The number of aliphatic hydroxyl groups is 1. The van der Waals surface area contributed by atoms with E-state index in [2.05, 4.69) is 18.7 Å². The molecule has 1 aliphatic heterocycles. The molecule has 27 heavy (non-hydrogen) atoms. The molecule has 1 aliphatic carbocycles. The molecule has 0 radical (unpaired) electrons. The predicted molar refractivity (Wildman–Crippen MR) is 111 cm³/mol. The van der Waals surface area contributed by atoms with Crippen LogP contribution in [0.5, 0.6) is 0 Å². The molecule has 3 N–H and O–H groups in total. The Bertz CT molecular complexity index is 673. The monoisotopic (exact) mass is 393 g/mol. The summed E-state index contributed by atoms with van der Waals surface area (Å²) in [4.78, 5) is 17.1. The van der Waals surface area contributed by atoms with E-state index in [9.17, 15) is 9.90 Å². The highest BCUT2D eigenvalue weighted by Gasteiger charge is 2.44. The second-order valence-corrected chi connectivity index (χ2v) is 8.92. The van der Waals surface area contributed by atoms with E-state index in [4.69, 9.17) is 17.3 Å². The van der Waals surface area contributed by atoms with Crippen LogP contribution in [0.15, 0.2) is 18.2 Å². The van der Waals surface area contributed by atoms with Crippen LogP contribution >= 0.6 is 11.6 Å². The molecule has 2 aliphatic rings. The standard InChI is InChI=1S/C21H32ClN3O2/c1-15(2)7-12-25(16-5-6-19(23)18(22)13-16)17-8-11-24(14-17)20(26)21(27)9-3-4-10-21/h5-6,13,15,17,27H,3-4,7-12,14,23H2,1-2H3/t17-/m0/s1. The van der Waals surface area contributed by atoms with Gasteiger partial charge in [-0.2, -0.15) is 0 Å². The van der Waals surface area contributed by atoms with Gasteiger partial charge in [-0.15, -0.1) is 0 Å². The molecule has 5 nitrogen and oxygen atoms in total. The highest BCUT2D eigenvalue weighted by Crippen LogP contribution is 2.34. The lowest BCUT2D eigenvalue weighted by molar-refractivity contribution is -0.149. The third kappa shape index (κ3) is 4.52. The maximum absolute atomic E-state index is 12.9. The van der Waals surface area contributed by atoms with E-state index >= 15 is 0 Å². The first-order chi connectivity index (χ1) is 12.8. The number of nitrogen functional groups attached to an aromatic ring is 1. The Morgan fingerprint density at radius 2 is 2.11 bits per heavy atom. The van der Waals surface area contributed by atoms with Crippen molar-refractivity contribution in [2.24, 2.45) is 5.92 Å². The summed E-state index contributed by atoms with van der Waals surface area (Å²) in [6.45, 7) is 6.70. The zero-order chi connectivity index (χ0) is 19.6. The number of nitrogens with zero attached hydrogens (tertiary/aromatic N) is 2. The van der Waals surface area contributed by atoms with Crippen molar-refractivity contribution in [2.45, 2.75) is 64.0 Å². The minimum absolute atomic E-state index is 0.0818. The number of carbonyl (C=O) groups is 1. The highest BCUT2D eigenvalue weighted by molar-refractivity contribution is 6.33. The van der Waals surface area contributed by atoms with Gasteiger partial charge in [0.1, 0.15) is 5.60 Å². The van der Waals surface area contributed by atoms with Crippen molar-refractivity contribution >= 4 is 28.9 Å². The number of nitrogens with two attached hydrogens (primary N) is 1. The number of amides is 1. The van der Waals surface area contributed by atoms with Crippen molar-refractivity contribution in [1.82, 2.24) is 4.90 Å². The summed E-state index contributed by atoms with van der Waals surface area (Å²) >= 11 is 6.26. The van der Waals surface area contributed by atoms with Gasteiger partial charge >= 0.3 is 0 Å². The first-order valence-corrected chi connectivity index (χ1v) is 10.5. The van der Waals surface area contributed by atoms with Crippen LogP contribution in [0.25, 0.3) is 0 Å². The topological polar surface area (TPSA) is 69.8 Å². The number of hydrogen-bond donors (Lipinski definition) is 2. The zero-order valence-corrected chi connectivity index (χ0v) is 17.2. The Labute approximate surface area is 167 Å². The molecular formula is C21H32ClN3O2. The van der Waals surface area contributed by atoms with Gasteiger partial charge in [0.2, 0.25) is 0 Å². The van der Waals surface area contributed by atoms with Crippen LogP contribution < -0.4 is 10.6 Å². The maximum atomic E-state index is 12.9. The molecule has 1 atom stereocenters. The minimum atomic E-state index is -1.14. The lowest BCUT2D eigenvalue weighted by Crippen LogP contribution is -2.48. The van der Waals surface area contributed by atoms with E-state index in [0.29, 0.717) is 42.6 Å². The van der Waals surface area contributed by atoms with Gasteiger partial charge in [-0.05, 0) is 62.6 Å². The highest BCUT2D eigenvalue weighted by atomic mass is 35.5. The van der Waals surface area contributed by atoms with E-state index in [-0.39, 0.29) is 11.9 Å². The Kier molecular flexibility index (Phi) is 6.21. The number of carbonyl (C=O) groups excluding carboxylic acids is 1. The predicted octanol–water partition coefficient (Wildman–Crippen LogP) is 3.68. The van der Waals surface area contributed by atoms with E-state index < -0.39 is 5.60 Å². The number of likely N-dealkylation sites (tertiary alicyclic amines) is 1. The van der Waals surface area contributed by atoms with Crippen LogP contribution in [0, 0.1) is 5.92 Å². The fourth-order valence-corrected chi connectivity index (χ4v) is 4.44.